The van der Waals surface area contributed by atoms with Crippen LogP contribution in [0.1, 0.15) is 37.6 Å². The summed E-state index contributed by atoms with van der Waals surface area (Å²) < 4.78 is 13.5. The Labute approximate surface area is 122 Å². The van der Waals surface area contributed by atoms with Crippen molar-refractivity contribution in [3.05, 3.63) is 33.6 Å². The van der Waals surface area contributed by atoms with E-state index in [0.29, 0.717) is 13.1 Å². The summed E-state index contributed by atoms with van der Waals surface area (Å²) in [6.07, 6.45) is 0.891. The first-order chi connectivity index (χ1) is 9.81. The summed E-state index contributed by atoms with van der Waals surface area (Å²) >= 11 is 0. The molecule has 0 saturated carbocycles. The average Bonchev–Trinajstić information content (AvgIpc) is 2.45. The summed E-state index contributed by atoms with van der Waals surface area (Å²) in [7, 11) is 0. The van der Waals surface area contributed by atoms with Gasteiger partial charge in [0.2, 0.25) is 0 Å². The van der Waals surface area contributed by atoms with E-state index in [1.165, 1.54) is 4.90 Å². The molecule has 21 heavy (non-hydrogen) atoms. The van der Waals surface area contributed by atoms with Gasteiger partial charge in [-0.2, -0.15) is 0 Å². The van der Waals surface area contributed by atoms with Crippen molar-refractivity contribution < 1.29 is 14.1 Å². The van der Waals surface area contributed by atoms with Crippen LogP contribution >= 0.6 is 0 Å². The molecule has 116 valence electrons. The molecule has 0 aliphatic rings. The van der Waals surface area contributed by atoms with Crippen molar-refractivity contribution in [1.29, 1.82) is 0 Å². The highest BCUT2D eigenvalue weighted by molar-refractivity contribution is 6.01. The highest BCUT2D eigenvalue weighted by Crippen LogP contribution is 2.28. The highest BCUT2D eigenvalue weighted by atomic mass is 19.1. The lowest BCUT2D eigenvalue weighted by atomic mass is 10.1. The third kappa shape index (κ3) is 3.90. The molecule has 2 N–H and O–H groups in total. The van der Waals surface area contributed by atoms with Gasteiger partial charge in [-0.05, 0) is 18.9 Å². The Bertz CT molecular complexity index is 549. The Morgan fingerprint density at radius 3 is 2.57 bits per heavy atom. The lowest BCUT2D eigenvalue weighted by Crippen LogP contribution is -2.35. The molecule has 0 aliphatic heterocycles. The number of hydrogen-bond acceptors (Lipinski definition) is 4. The number of amides is 1. The predicted octanol–water partition coefficient (Wildman–Crippen LogP) is 2.82. The molecule has 1 unspecified atom stereocenters. The fraction of sp³-hybridized carbons (Fsp3) is 0.500. The third-order valence-electron chi connectivity index (χ3n) is 3.45. The lowest BCUT2D eigenvalue weighted by Gasteiger charge is -2.24. The number of benzene rings is 1. The van der Waals surface area contributed by atoms with E-state index in [-0.39, 0.29) is 17.2 Å². The topological polar surface area (TPSA) is 89.5 Å². The Hall–Kier alpha value is -2.18. The molecule has 0 aliphatic carbocycles. The van der Waals surface area contributed by atoms with Crippen molar-refractivity contribution >= 4 is 17.3 Å². The minimum Gasteiger partial charge on any atom is -0.393 e. The van der Waals surface area contributed by atoms with Gasteiger partial charge >= 0.3 is 0 Å². The molecule has 0 fully saturated rings. The van der Waals surface area contributed by atoms with Gasteiger partial charge in [-0.15, -0.1) is 0 Å². The van der Waals surface area contributed by atoms with Crippen LogP contribution in [0.2, 0.25) is 0 Å². The zero-order valence-corrected chi connectivity index (χ0v) is 12.4. The van der Waals surface area contributed by atoms with E-state index in [9.17, 15) is 19.3 Å². The summed E-state index contributed by atoms with van der Waals surface area (Å²) in [6.45, 7) is 6.71. The molecule has 0 saturated heterocycles. The molecule has 1 amide bonds. The maximum absolute atomic E-state index is 13.5. The van der Waals surface area contributed by atoms with Crippen LogP contribution in [-0.4, -0.2) is 28.8 Å². The van der Waals surface area contributed by atoms with Crippen LogP contribution in [0.15, 0.2) is 12.1 Å². The number of carbonyl (C=O) groups is 1. The number of nitrogen functional groups attached to an aromatic ring is 1. The Morgan fingerprint density at radius 2 is 2.10 bits per heavy atom. The number of hydrogen-bond donors (Lipinski definition) is 1. The van der Waals surface area contributed by atoms with Gasteiger partial charge in [0, 0.05) is 13.1 Å². The molecule has 0 radical (unpaired) electrons. The van der Waals surface area contributed by atoms with Gasteiger partial charge in [0.25, 0.3) is 11.6 Å². The Kier molecular flexibility index (Phi) is 5.63. The number of anilines is 1. The van der Waals surface area contributed by atoms with Gasteiger partial charge < -0.3 is 10.6 Å². The zero-order chi connectivity index (χ0) is 16.2. The van der Waals surface area contributed by atoms with Crippen molar-refractivity contribution in [2.45, 2.75) is 27.2 Å². The van der Waals surface area contributed by atoms with Crippen molar-refractivity contribution in [2.24, 2.45) is 5.92 Å². The smallest absolute Gasteiger partial charge is 0.295 e. The summed E-state index contributed by atoms with van der Waals surface area (Å²) in [6, 6.07) is 1.67. The molecular weight excluding hydrogens is 277 g/mol. The van der Waals surface area contributed by atoms with Gasteiger partial charge in [0.05, 0.1) is 16.6 Å². The summed E-state index contributed by atoms with van der Waals surface area (Å²) in [4.78, 5) is 24.0. The van der Waals surface area contributed by atoms with Gasteiger partial charge in [0.15, 0.2) is 0 Å². The minimum atomic E-state index is -0.848. The van der Waals surface area contributed by atoms with Crippen LogP contribution < -0.4 is 5.73 Å². The number of carbonyl (C=O) groups excluding carboxylic acids is 1. The van der Waals surface area contributed by atoms with E-state index in [4.69, 9.17) is 5.73 Å². The molecule has 0 aromatic heterocycles. The molecule has 1 rings (SSSR count). The molecule has 1 aromatic rings. The van der Waals surface area contributed by atoms with Gasteiger partial charge in [0.1, 0.15) is 11.5 Å². The minimum absolute atomic E-state index is 0.160. The Balaban J connectivity index is 3.19. The maximum Gasteiger partial charge on any atom is 0.295 e. The monoisotopic (exact) mass is 297 g/mol. The quantitative estimate of drug-likeness (QED) is 0.496. The fourth-order valence-corrected chi connectivity index (χ4v) is 1.96. The summed E-state index contributed by atoms with van der Waals surface area (Å²) in [5.74, 6) is -1.06. The first kappa shape index (κ1) is 16.9. The molecule has 7 heteroatoms. The third-order valence-corrected chi connectivity index (χ3v) is 3.45. The largest absolute Gasteiger partial charge is 0.393 e. The second-order valence-electron chi connectivity index (χ2n) is 5.00. The number of nitro groups is 1. The van der Waals surface area contributed by atoms with E-state index >= 15 is 0 Å². The van der Waals surface area contributed by atoms with Crippen molar-refractivity contribution in [3.63, 3.8) is 0 Å². The molecule has 0 heterocycles. The number of nitrogens with two attached hydrogens (primary N) is 1. The van der Waals surface area contributed by atoms with Crippen LogP contribution in [-0.2, 0) is 0 Å². The molecule has 0 bridgehead atoms. The second-order valence-corrected chi connectivity index (χ2v) is 5.00. The van der Waals surface area contributed by atoms with Crippen LogP contribution in [0, 0.1) is 21.8 Å². The lowest BCUT2D eigenvalue weighted by molar-refractivity contribution is -0.384. The normalized spacial score (nSPS) is 12.0. The molecule has 6 nitrogen and oxygen atoms in total. The van der Waals surface area contributed by atoms with E-state index < -0.39 is 22.3 Å². The standard InChI is InChI=1S/C14H20FN3O3/c1-4-9(3)8-17(5-2)14(19)11-6-10(15)7-12(13(11)16)18(20)21/h6-7,9H,4-5,8,16H2,1-3H3. The molecular formula is C14H20FN3O3. The summed E-state index contributed by atoms with van der Waals surface area (Å²) in [5.41, 5.74) is 4.61. The van der Waals surface area contributed by atoms with E-state index in [0.717, 1.165) is 18.6 Å². The first-order valence-corrected chi connectivity index (χ1v) is 6.84. The number of nitrogens with zero attached hydrogens (tertiary/aromatic N) is 2. The van der Waals surface area contributed by atoms with Gasteiger partial charge in [-0.1, -0.05) is 20.3 Å². The molecule has 0 spiro atoms. The number of nitro benzene ring substituents is 1. The van der Waals surface area contributed by atoms with Gasteiger partial charge in [-0.25, -0.2) is 4.39 Å². The number of rotatable bonds is 6. The van der Waals surface area contributed by atoms with E-state index in [1.807, 2.05) is 13.8 Å². The average molecular weight is 297 g/mol. The van der Waals surface area contributed by atoms with E-state index in [2.05, 4.69) is 0 Å². The maximum atomic E-state index is 13.5. The fourth-order valence-electron chi connectivity index (χ4n) is 1.96. The van der Waals surface area contributed by atoms with Crippen molar-refractivity contribution in [3.8, 4) is 0 Å². The van der Waals surface area contributed by atoms with Crippen LogP contribution in [0.3, 0.4) is 0 Å². The predicted molar refractivity (Wildman–Crippen MR) is 78.5 cm³/mol. The number of halogens is 1. The van der Waals surface area contributed by atoms with E-state index in [1.54, 1.807) is 6.92 Å². The Morgan fingerprint density at radius 1 is 1.48 bits per heavy atom. The van der Waals surface area contributed by atoms with Crippen molar-refractivity contribution in [1.82, 2.24) is 4.90 Å². The first-order valence-electron chi connectivity index (χ1n) is 6.84. The molecule has 1 aromatic carbocycles. The van der Waals surface area contributed by atoms with Crippen LogP contribution in [0.5, 0.6) is 0 Å². The van der Waals surface area contributed by atoms with Crippen LogP contribution in [0.4, 0.5) is 15.8 Å². The highest BCUT2D eigenvalue weighted by Gasteiger charge is 2.25. The molecule has 1 atom stereocenters. The second kappa shape index (κ2) is 7.01. The summed E-state index contributed by atoms with van der Waals surface area (Å²) in [5, 5.41) is 10.8. The van der Waals surface area contributed by atoms with Gasteiger partial charge in [-0.3, -0.25) is 14.9 Å². The van der Waals surface area contributed by atoms with Crippen molar-refractivity contribution in [2.75, 3.05) is 18.8 Å². The zero-order valence-electron chi connectivity index (χ0n) is 12.4. The SMILES string of the molecule is CCC(C)CN(CC)C(=O)c1cc(F)cc([N+](=O)[O-])c1N. The van der Waals surface area contributed by atoms with Crippen LogP contribution in [0.25, 0.3) is 0 Å².